The van der Waals surface area contributed by atoms with Gasteiger partial charge in [0, 0.05) is 13.1 Å². The quantitative estimate of drug-likeness (QED) is 0.888. The van der Waals surface area contributed by atoms with Gasteiger partial charge in [-0.05, 0) is 48.9 Å². The Labute approximate surface area is 113 Å². The van der Waals surface area contributed by atoms with Crippen molar-refractivity contribution in [2.24, 2.45) is 0 Å². The van der Waals surface area contributed by atoms with Gasteiger partial charge in [-0.25, -0.2) is 0 Å². The molecular weight excluding hydrogens is 242 g/mol. The van der Waals surface area contributed by atoms with Gasteiger partial charge in [-0.3, -0.25) is 4.79 Å². The number of likely N-dealkylation sites (tertiary alicyclic amines) is 1. The van der Waals surface area contributed by atoms with Crippen molar-refractivity contribution in [3.63, 3.8) is 0 Å². The van der Waals surface area contributed by atoms with E-state index in [1.807, 2.05) is 6.07 Å². The molecule has 1 aliphatic heterocycles. The molecule has 0 unspecified atom stereocenters. The van der Waals surface area contributed by atoms with E-state index in [2.05, 4.69) is 12.1 Å². The molecule has 0 saturated carbocycles. The normalized spacial score (nSPS) is 21.5. The standard InChI is InChI=1S/C15H19NO3/c17-13-6-7-16(9-13)15(18)10-19-14-5-4-11-2-1-3-12(11)8-14/h4-5,8,13,17H,1-3,6-7,9-10H2/t13-/m0/s1. The number of nitrogens with zero attached hydrogens (tertiary/aromatic N) is 1. The van der Waals surface area contributed by atoms with Crippen molar-refractivity contribution < 1.29 is 14.6 Å². The van der Waals surface area contributed by atoms with Crippen LogP contribution in [0, 0.1) is 0 Å². The summed E-state index contributed by atoms with van der Waals surface area (Å²) in [6.07, 6.45) is 3.77. The first kappa shape index (κ1) is 12.5. The zero-order valence-corrected chi connectivity index (χ0v) is 11.0. The summed E-state index contributed by atoms with van der Waals surface area (Å²) in [7, 11) is 0. The molecule has 19 heavy (non-hydrogen) atoms. The van der Waals surface area contributed by atoms with Crippen LogP contribution in [0.1, 0.15) is 24.0 Å². The molecule has 0 aromatic heterocycles. The van der Waals surface area contributed by atoms with Gasteiger partial charge in [-0.2, -0.15) is 0 Å². The second-order valence-corrected chi connectivity index (χ2v) is 5.35. The average molecular weight is 261 g/mol. The molecule has 1 fully saturated rings. The van der Waals surface area contributed by atoms with Crippen LogP contribution in [0.5, 0.6) is 5.75 Å². The van der Waals surface area contributed by atoms with Gasteiger partial charge in [0.1, 0.15) is 5.75 Å². The van der Waals surface area contributed by atoms with E-state index >= 15 is 0 Å². The maximum atomic E-state index is 11.9. The summed E-state index contributed by atoms with van der Waals surface area (Å²) in [6.45, 7) is 1.13. The van der Waals surface area contributed by atoms with Crippen molar-refractivity contribution in [3.8, 4) is 5.75 Å². The molecule has 0 spiro atoms. The van der Waals surface area contributed by atoms with Gasteiger partial charge in [-0.15, -0.1) is 0 Å². The second-order valence-electron chi connectivity index (χ2n) is 5.35. The van der Waals surface area contributed by atoms with E-state index in [4.69, 9.17) is 4.74 Å². The summed E-state index contributed by atoms with van der Waals surface area (Å²) in [5.74, 6) is 0.728. The van der Waals surface area contributed by atoms with Crippen molar-refractivity contribution in [2.75, 3.05) is 19.7 Å². The Morgan fingerprint density at radius 2 is 2.21 bits per heavy atom. The molecule has 4 nitrogen and oxygen atoms in total. The van der Waals surface area contributed by atoms with Crippen molar-refractivity contribution in [3.05, 3.63) is 29.3 Å². The van der Waals surface area contributed by atoms with E-state index in [1.165, 1.54) is 17.5 Å². The van der Waals surface area contributed by atoms with Gasteiger partial charge in [0.05, 0.1) is 6.10 Å². The average Bonchev–Trinajstić information content (AvgIpc) is 3.03. The Morgan fingerprint density at radius 1 is 1.37 bits per heavy atom. The number of hydrogen-bond acceptors (Lipinski definition) is 3. The predicted molar refractivity (Wildman–Crippen MR) is 71.2 cm³/mol. The smallest absolute Gasteiger partial charge is 0.260 e. The molecular formula is C15H19NO3. The SMILES string of the molecule is O=C(COc1ccc2c(c1)CCC2)N1CC[C@H](O)C1. The van der Waals surface area contributed by atoms with E-state index in [9.17, 15) is 9.90 Å². The lowest BCUT2D eigenvalue weighted by atomic mass is 10.1. The maximum Gasteiger partial charge on any atom is 0.260 e. The first-order valence-electron chi connectivity index (χ1n) is 6.93. The number of aliphatic hydroxyl groups is 1. The number of hydrogen-bond donors (Lipinski definition) is 1. The van der Waals surface area contributed by atoms with Crippen molar-refractivity contribution >= 4 is 5.91 Å². The van der Waals surface area contributed by atoms with Crippen molar-refractivity contribution in [1.82, 2.24) is 4.90 Å². The summed E-state index contributed by atoms with van der Waals surface area (Å²) < 4.78 is 5.57. The number of amides is 1. The minimum absolute atomic E-state index is 0.0444. The number of fused-ring (bicyclic) bond motifs is 1. The molecule has 1 heterocycles. The van der Waals surface area contributed by atoms with Crippen LogP contribution in [0.4, 0.5) is 0 Å². The molecule has 1 saturated heterocycles. The molecule has 1 aromatic carbocycles. The van der Waals surface area contributed by atoms with Gasteiger partial charge in [-0.1, -0.05) is 6.07 Å². The lowest BCUT2D eigenvalue weighted by Gasteiger charge is -2.16. The molecule has 1 aromatic rings. The highest BCUT2D eigenvalue weighted by atomic mass is 16.5. The lowest BCUT2D eigenvalue weighted by molar-refractivity contribution is -0.132. The Kier molecular flexibility index (Phi) is 3.42. The van der Waals surface area contributed by atoms with Crippen LogP contribution >= 0.6 is 0 Å². The molecule has 0 bridgehead atoms. The second kappa shape index (κ2) is 5.21. The third kappa shape index (κ3) is 2.73. The molecule has 102 valence electrons. The first-order valence-corrected chi connectivity index (χ1v) is 6.93. The lowest BCUT2D eigenvalue weighted by Crippen LogP contribution is -2.33. The topological polar surface area (TPSA) is 49.8 Å². The van der Waals surface area contributed by atoms with Crippen LogP contribution in [-0.2, 0) is 17.6 Å². The van der Waals surface area contributed by atoms with E-state index in [0.717, 1.165) is 18.6 Å². The summed E-state index contributed by atoms with van der Waals surface area (Å²) >= 11 is 0. The van der Waals surface area contributed by atoms with Crippen LogP contribution in [0.2, 0.25) is 0 Å². The predicted octanol–water partition coefficient (Wildman–Crippen LogP) is 1.15. The molecule has 2 aliphatic rings. The fourth-order valence-corrected chi connectivity index (χ4v) is 2.84. The first-order chi connectivity index (χ1) is 9.22. The summed E-state index contributed by atoms with van der Waals surface area (Å²) in [5.41, 5.74) is 2.75. The highest BCUT2D eigenvalue weighted by Crippen LogP contribution is 2.26. The summed E-state index contributed by atoms with van der Waals surface area (Å²) in [5, 5.41) is 9.40. The van der Waals surface area contributed by atoms with Crippen LogP contribution < -0.4 is 4.74 Å². The fourth-order valence-electron chi connectivity index (χ4n) is 2.84. The van der Waals surface area contributed by atoms with E-state index < -0.39 is 0 Å². The molecule has 4 heteroatoms. The van der Waals surface area contributed by atoms with E-state index in [0.29, 0.717) is 19.5 Å². The zero-order valence-electron chi connectivity index (χ0n) is 11.0. The van der Waals surface area contributed by atoms with Gasteiger partial charge in [0.25, 0.3) is 5.91 Å². The Morgan fingerprint density at radius 3 is 3.00 bits per heavy atom. The van der Waals surface area contributed by atoms with Gasteiger partial charge >= 0.3 is 0 Å². The van der Waals surface area contributed by atoms with Crippen LogP contribution in [0.25, 0.3) is 0 Å². The van der Waals surface area contributed by atoms with Gasteiger partial charge in [0.15, 0.2) is 6.61 Å². The number of aliphatic hydroxyl groups excluding tert-OH is 1. The Bertz CT molecular complexity index is 486. The number of ether oxygens (including phenoxy) is 1. The van der Waals surface area contributed by atoms with Gasteiger partial charge < -0.3 is 14.7 Å². The van der Waals surface area contributed by atoms with Crippen molar-refractivity contribution in [1.29, 1.82) is 0 Å². The highest BCUT2D eigenvalue weighted by molar-refractivity contribution is 5.78. The third-order valence-corrected chi connectivity index (χ3v) is 3.95. The van der Waals surface area contributed by atoms with E-state index in [-0.39, 0.29) is 18.6 Å². The number of aryl methyl sites for hydroxylation is 2. The minimum Gasteiger partial charge on any atom is -0.484 e. The fraction of sp³-hybridized carbons (Fsp3) is 0.533. The largest absolute Gasteiger partial charge is 0.484 e. The molecule has 0 radical (unpaired) electrons. The minimum atomic E-state index is -0.371. The molecule has 1 aliphatic carbocycles. The van der Waals surface area contributed by atoms with E-state index in [1.54, 1.807) is 4.90 Å². The number of benzene rings is 1. The number of carbonyl (C=O) groups is 1. The van der Waals surface area contributed by atoms with Crippen molar-refractivity contribution in [2.45, 2.75) is 31.8 Å². The summed E-state index contributed by atoms with van der Waals surface area (Å²) in [6, 6.07) is 6.09. The number of β-amino-alcohol motifs (C(OH)–C–C–N with tert-alkyl or cyclic N) is 1. The third-order valence-electron chi connectivity index (χ3n) is 3.95. The Hall–Kier alpha value is -1.55. The Balaban J connectivity index is 1.56. The van der Waals surface area contributed by atoms with Crippen LogP contribution in [0.15, 0.2) is 18.2 Å². The zero-order chi connectivity index (χ0) is 13.2. The monoisotopic (exact) mass is 261 g/mol. The van der Waals surface area contributed by atoms with Crippen LogP contribution in [-0.4, -0.2) is 41.7 Å². The number of rotatable bonds is 3. The molecule has 1 amide bonds. The maximum absolute atomic E-state index is 11.9. The summed E-state index contributed by atoms with van der Waals surface area (Å²) in [4.78, 5) is 13.6. The highest BCUT2D eigenvalue weighted by Gasteiger charge is 2.24. The molecule has 1 N–H and O–H groups in total. The molecule has 3 rings (SSSR count). The van der Waals surface area contributed by atoms with Crippen LogP contribution in [0.3, 0.4) is 0 Å². The van der Waals surface area contributed by atoms with Gasteiger partial charge in [0.2, 0.25) is 0 Å². The number of carbonyl (C=O) groups excluding carboxylic acids is 1. The molecule has 1 atom stereocenters.